The summed E-state index contributed by atoms with van der Waals surface area (Å²) in [6.45, 7) is 0. The van der Waals surface area contributed by atoms with Gasteiger partial charge in [0.05, 0.1) is 5.52 Å². The maximum Gasteiger partial charge on any atom is 0.139 e. The van der Waals surface area contributed by atoms with E-state index in [2.05, 4.69) is 26.0 Å². The Kier molecular flexibility index (Phi) is 2.44. The van der Waals surface area contributed by atoms with Crippen molar-refractivity contribution in [3.8, 4) is 11.1 Å². The number of benzene rings is 1. The molecule has 20 heavy (non-hydrogen) atoms. The number of pyridine rings is 1. The average molecular weight is 281 g/mol. The first-order valence-corrected chi connectivity index (χ1v) is 6.53. The van der Waals surface area contributed by atoms with Gasteiger partial charge in [-0.2, -0.15) is 0 Å². The number of hydrogen-bond acceptors (Lipinski definition) is 3. The number of nitrogens with zero attached hydrogens (tertiary/aromatic N) is 3. The Bertz CT molecular complexity index is 929. The van der Waals surface area contributed by atoms with Gasteiger partial charge in [0.1, 0.15) is 17.1 Å². The highest BCUT2D eigenvalue weighted by Gasteiger charge is 2.08. The molecule has 0 bridgehead atoms. The average Bonchev–Trinajstić information content (AvgIpc) is 2.89. The lowest BCUT2D eigenvalue weighted by molar-refractivity contribution is 1.22. The minimum absolute atomic E-state index is 0.484. The summed E-state index contributed by atoms with van der Waals surface area (Å²) in [5.74, 6) is 0. The second-order valence-corrected chi connectivity index (χ2v) is 4.92. The molecule has 0 aliphatic carbocycles. The molecule has 1 aromatic carbocycles. The van der Waals surface area contributed by atoms with Crippen molar-refractivity contribution < 1.29 is 0 Å². The molecule has 4 nitrogen and oxygen atoms in total. The van der Waals surface area contributed by atoms with E-state index in [0.29, 0.717) is 5.15 Å². The van der Waals surface area contributed by atoms with Gasteiger partial charge in [-0.1, -0.05) is 17.7 Å². The van der Waals surface area contributed by atoms with Gasteiger partial charge in [0.2, 0.25) is 0 Å². The van der Waals surface area contributed by atoms with Gasteiger partial charge in [0.15, 0.2) is 0 Å². The molecule has 1 N–H and O–H groups in total. The van der Waals surface area contributed by atoms with Crippen LogP contribution in [0, 0.1) is 0 Å². The first kappa shape index (κ1) is 11.4. The van der Waals surface area contributed by atoms with Crippen molar-refractivity contribution in [2.75, 3.05) is 0 Å². The monoisotopic (exact) mass is 280 g/mol. The number of aromatic amines is 1. The van der Waals surface area contributed by atoms with Gasteiger partial charge in [0, 0.05) is 28.7 Å². The van der Waals surface area contributed by atoms with Crippen LogP contribution in [0.4, 0.5) is 0 Å². The van der Waals surface area contributed by atoms with E-state index in [1.165, 1.54) is 0 Å². The van der Waals surface area contributed by atoms with Crippen LogP contribution in [0.1, 0.15) is 0 Å². The van der Waals surface area contributed by atoms with Crippen LogP contribution in [-0.4, -0.2) is 19.9 Å². The van der Waals surface area contributed by atoms with Crippen molar-refractivity contribution in [1.82, 2.24) is 19.9 Å². The third-order valence-electron chi connectivity index (χ3n) is 3.32. The predicted molar refractivity (Wildman–Crippen MR) is 79.6 cm³/mol. The van der Waals surface area contributed by atoms with E-state index in [0.717, 1.165) is 33.1 Å². The summed E-state index contributed by atoms with van der Waals surface area (Å²) in [5, 5.41) is 2.55. The van der Waals surface area contributed by atoms with Crippen LogP contribution in [0.2, 0.25) is 5.15 Å². The second-order valence-electron chi connectivity index (χ2n) is 4.53. The minimum atomic E-state index is 0.484. The number of halogens is 1. The van der Waals surface area contributed by atoms with Crippen molar-refractivity contribution in [3.05, 3.63) is 54.2 Å². The van der Waals surface area contributed by atoms with Crippen LogP contribution in [-0.2, 0) is 0 Å². The normalized spacial score (nSPS) is 11.2. The lowest BCUT2D eigenvalue weighted by Crippen LogP contribution is -1.82. The van der Waals surface area contributed by atoms with Crippen molar-refractivity contribution in [3.63, 3.8) is 0 Å². The lowest BCUT2D eigenvalue weighted by atomic mass is 10.0. The second kappa shape index (κ2) is 4.28. The summed E-state index contributed by atoms with van der Waals surface area (Å²) >= 11 is 5.90. The van der Waals surface area contributed by atoms with E-state index in [1.807, 2.05) is 30.6 Å². The molecule has 3 heterocycles. The Morgan fingerprint density at radius 3 is 3.00 bits per heavy atom. The minimum Gasteiger partial charge on any atom is -0.345 e. The highest BCUT2D eigenvalue weighted by Crippen LogP contribution is 2.30. The molecule has 0 spiro atoms. The Morgan fingerprint density at radius 2 is 2.05 bits per heavy atom. The molecule has 96 valence electrons. The van der Waals surface area contributed by atoms with E-state index in [-0.39, 0.29) is 0 Å². The van der Waals surface area contributed by atoms with Gasteiger partial charge < -0.3 is 4.98 Å². The summed E-state index contributed by atoms with van der Waals surface area (Å²) in [6, 6.07) is 9.89. The van der Waals surface area contributed by atoms with E-state index in [1.54, 1.807) is 12.4 Å². The molecule has 3 aromatic heterocycles. The van der Waals surface area contributed by atoms with E-state index < -0.39 is 0 Å². The number of nitrogens with one attached hydrogen (secondary N) is 1. The van der Waals surface area contributed by atoms with Crippen LogP contribution in [0.5, 0.6) is 0 Å². The molecule has 0 amide bonds. The number of hydrogen-bond donors (Lipinski definition) is 1. The number of rotatable bonds is 1. The fraction of sp³-hybridized carbons (Fsp3) is 0. The molecule has 0 aliphatic heterocycles. The highest BCUT2D eigenvalue weighted by atomic mass is 35.5. The number of aromatic nitrogens is 4. The summed E-state index contributed by atoms with van der Waals surface area (Å²) in [6.07, 6.45) is 5.31. The topological polar surface area (TPSA) is 54.5 Å². The van der Waals surface area contributed by atoms with Gasteiger partial charge in [-0.3, -0.25) is 0 Å². The maximum atomic E-state index is 5.90. The Balaban J connectivity index is 1.96. The van der Waals surface area contributed by atoms with E-state index >= 15 is 0 Å². The van der Waals surface area contributed by atoms with E-state index in [4.69, 9.17) is 11.6 Å². The number of H-pyrrole nitrogens is 1. The maximum absolute atomic E-state index is 5.90. The summed E-state index contributed by atoms with van der Waals surface area (Å²) in [5.41, 5.74) is 3.92. The summed E-state index contributed by atoms with van der Waals surface area (Å²) < 4.78 is 0. The molecule has 4 aromatic rings. The van der Waals surface area contributed by atoms with Crippen LogP contribution in [0.25, 0.3) is 33.1 Å². The third kappa shape index (κ3) is 1.73. The first-order valence-electron chi connectivity index (χ1n) is 6.15. The zero-order chi connectivity index (χ0) is 13.5. The fourth-order valence-corrected chi connectivity index (χ4v) is 2.52. The number of fused-ring (bicyclic) bond motifs is 2. The standard InChI is InChI=1S/C15H9ClN4/c16-14-4-2-11-12(7-18-15(11)20-14)9-1-3-13-10(5-9)6-17-8-19-13/h1-8H,(H,18,20). The first-order chi connectivity index (χ1) is 9.81. The van der Waals surface area contributed by atoms with Crippen molar-refractivity contribution >= 4 is 33.5 Å². The molecule has 0 saturated carbocycles. The molecule has 0 aliphatic rings. The molecular weight excluding hydrogens is 272 g/mol. The quantitative estimate of drug-likeness (QED) is 0.539. The molecule has 0 saturated heterocycles. The molecule has 0 unspecified atom stereocenters. The van der Waals surface area contributed by atoms with Crippen molar-refractivity contribution in [2.45, 2.75) is 0 Å². The Morgan fingerprint density at radius 1 is 1.10 bits per heavy atom. The Hall–Kier alpha value is -2.46. The smallest absolute Gasteiger partial charge is 0.139 e. The SMILES string of the molecule is Clc1ccc2c(-c3ccc4ncncc4c3)c[nH]c2n1. The van der Waals surface area contributed by atoms with Gasteiger partial charge >= 0.3 is 0 Å². The van der Waals surface area contributed by atoms with Gasteiger partial charge in [-0.05, 0) is 29.8 Å². The van der Waals surface area contributed by atoms with Gasteiger partial charge in [0.25, 0.3) is 0 Å². The molecule has 0 atom stereocenters. The van der Waals surface area contributed by atoms with Crippen LogP contribution >= 0.6 is 11.6 Å². The lowest BCUT2D eigenvalue weighted by Gasteiger charge is -2.02. The molecule has 0 radical (unpaired) electrons. The van der Waals surface area contributed by atoms with Gasteiger partial charge in [-0.15, -0.1) is 0 Å². The van der Waals surface area contributed by atoms with Crippen LogP contribution in [0.3, 0.4) is 0 Å². The van der Waals surface area contributed by atoms with Crippen LogP contribution < -0.4 is 0 Å². The Labute approximate surface area is 119 Å². The zero-order valence-electron chi connectivity index (χ0n) is 10.3. The van der Waals surface area contributed by atoms with Crippen molar-refractivity contribution in [1.29, 1.82) is 0 Å². The molecule has 0 fully saturated rings. The van der Waals surface area contributed by atoms with Crippen molar-refractivity contribution in [2.24, 2.45) is 0 Å². The highest BCUT2D eigenvalue weighted by molar-refractivity contribution is 6.29. The van der Waals surface area contributed by atoms with Crippen LogP contribution in [0.15, 0.2) is 49.1 Å². The molecular formula is C15H9ClN4. The van der Waals surface area contributed by atoms with E-state index in [9.17, 15) is 0 Å². The zero-order valence-corrected chi connectivity index (χ0v) is 11.1. The summed E-state index contributed by atoms with van der Waals surface area (Å²) in [7, 11) is 0. The molecule has 5 heteroatoms. The third-order valence-corrected chi connectivity index (χ3v) is 3.53. The fourth-order valence-electron chi connectivity index (χ4n) is 2.37. The molecule has 4 rings (SSSR count). The summed E-state index contributed by atoms with van der Waals surface area (Å²) in [4.78, 5) is 15.7. The van der Waals surface area contributed by atoms with Gasteiger partial charge in [-0.25, -0.2) is 15.0 Å². The largest absolute Gasteiger partial charge is 0.345 e. The predicted octanol–water partition coefficient (Wildman–Crippen LogP) is 3.83.